The first kappa shape index (κ1) is 26.9. The molecular formula is C34H31IrN2O2-. The molecule has 6 rings (SSSR count). The van der Waals surface area contributed by atoms with Crippen LogP contribution in [0.4, 0.5) is 0 Å². The summed E-state index contributed by atoms with van der Waals surface area (Å²) in [4.78, 5) is 5.15. The summed E-state index contributed by atoms with van der Waals surface area (Å²) in [6.45, 7) is 9.06. The second-order valence-electron chi connectivity index (χ2n) is 10.4. The molecular weight excluding hydrogens is 661 g/mol. The van der Waals surface area contributed by atoms with Crippen molar-refractivity contribution in [3.05, 3.63) is 102 Å². The first-order valence-electron chi connectivity index (χ1n) is 13.2. The molecule has 0 spiro atoms. The number of rotatable bonds is 6. The number of hydrogen-bond donors (Lipinski definition) is 0. The van der Waals surface area contributed by atoms with E-state index in [-0.39, 0.29) is 20.1 Å². The number of fused-ring (bicyclic) bond motifs is 2. The first-order valence-corrected chi connectivity index (χ1v) is 13.2. The van der Waals surface area contributed by atoms with Gasteiger partial charge in [-0.05, 0) is 64.4 Å². The van der Waals surface area contributed by atoms with Crippen LogP contribution < -0.4 is 4.74 Å². The van der Waals surface area contributed by atoms with Crippen molar-refractivity contribution in [2.45, 2.75) is 39.5 Å². The summed E-state index contributed by atoms with van der Waals surface area (Å²) in [7, 11) is 1.68. The summed E-state index contributed by atoms with van der Waals surface area (Å²) < 4.78 is 13.7. The van der Waals surface area contributed by atoms with Gasteiger partial charge in [-0.2, -0.15) is 0 Å². The predicted octanol–water partition coefficient (Wildman–Crippen LogP) is 9.16. The molecule has 4 nitrogen and oxygen atoms in total. The molecule has 2 heterocycles. The van der Waals surface area contributed by atoms with Crippen LogP contribution in [0.1, 0.15) is 50.7 Å². The number of benzene rings is 4. The molecule has 0 aliphatic rings. The van der Waals surface area contributed by atoms with Crippen molar-refractivity contribution in [3.63, 3.8) is 0 Å². The maximum Gasteiger partial charge on any atom is 0.108 e. The van der Waals surface area contributed by atoms with Crippen molar-refractivity contribution < 1.29 is 29.3 Å². The molecule has 1 radical (unpaired) electrons. The van der Waals surface area contributed by atoms with Crippen molar-refractivity contribution >= 4 is 22.0 Å². The molecule has 0 atom stereocenters. The van der Waals surface area contributed by atoms with E-state index >= 15 is 0 Å². The summed E-state index contributed by atoms with van der Waals surface area (Å²) in [5.41, 5.74) is 9.78. The zero-order valence-corrected chi connectivity index (χ0v) is 25.2. The molecule has 0 aliphatic heterocycles. The van der Waals surface area contributed by atoms with Crippen molar-refractivity contribution in [3.8, 4) is 34.0 Å². The van der Waals surface area contributed by atoms with Crippen LogP contribution in [-0.4, -0.2) is 16.7 Å². The van der Waals surface area contributed by atoms with E-state index in [1.807, 2.05) is 24.3 Å². The van der Waals surface area contributed by atoms with Gasteiger partial charge in [0, 0.05) is 37.6 Å². The van der Waals surface area contributed by atoms with E-state index in [4.69, 9.17) is 14.1 Å². The number of nitrogens with zero attached hydrogens (tertiary/aromatic N) is 2. The minimum absolute atomic E-state index is 0. The molecule has 6 aromatic rings. The van der Waals surface area contributed by atoms with Gasteiger partial charge in [0.1, 0.15) is 5.75 Å². The third-order valence-corrected chi connectivity index (χ3v) is 7.25. The zero-order chi connectivity index (χ0) is 26.4. The Bertz CT molecular complexity index is 1730. The van der Waals surface area contributed by atoms with Gasteiger partial charge in [0.25, 0.3) is 0 Å². The Hall–Kier alpha value is -3.66. The summed E-state index contributed by atoms with van der Waals surface area (Å²) >= 11 is 0. The van der Waals surface area contributed by atoms with Crippen LogP contribution in [0, 0.1) is 6.26 Å². The Balaban J connectivity index is 0.00000308. The van der Waals surface area contributed by atoms with E-state index in [2.05, 4.69) is 99.2 Å². The van der Waals surface area contributed by atoms with Gasteiger partial charge in [-0.25, -0.2) is 0 Å². The van der Waals surface area contributed by atoms with E-state index < -0.39 is 0 Å². The first-order chi connectivity index (χ1) is 18.5. The Morgan fingerprint density at radius 2 is 1.46 bits per heavy atom. The maximum absolute atomic E-state index is 5.89. The third-order valence-electron chi connectivity index (χ3n) is 7.25. The minimum Gasteiger partial charge on any atom is -0.557 e. The van der Waals surface area contributed by atoms with Gasteiger partial charge < -0.3 is 13.7 Å². The van der Waals surface area contributed by atoms with E-state index in [1.165, 1.54) is 27.9 Å². The molecule has 0 unspecified atom stereocenters. The number of aromatic nitrogens is 2. The SMILES string of the molecule is COc1ccc2o[c-]c(-c3nc4ccccc4n3-c3c(C(C)C)cc(-c4ccccc4)cc3C(C)C)c2c1.[Ir]. The van der Waals surface area contributed by atoms with Gasteiger partial charge in [0.2, 0.25) is 0 Å². The Kier molecular flexibility index (Phi) is 7.48. The van der Waals surface area contributed by atoms with Gasteiger partial charge >= 0.3 is 0 Å². The molecule has 4 aromatic carbocycles. The fourth-order valence-electron chi connectivity index (χ4n) is 5.28. The minimum atomic E-state index is 0. The number of methoxy groups -OCH3 is 1. The molecule has 0 saturated carbocycles. The van der Waals surface area contributed by atoms with Crippen molar-refractivity contribution in [2.24, 2.45) is 0 Å². The van der Waals surface area contributed by atoms with Crippen molar-refractivity contribution in [1.29, 1.82) is 0 Å². The summed E-state index contributed by atoms with van der Waals surface area (Å²) in [6, 6.07) is 29.5. The molecule has 0 aliphatic carbocycles. The number of hydrogen-bond acceptors (Lipinski definition) is 3. The Labute approximate surface area is 243 Å². The maximum atomic E-state index is 5.89. The number of furan rings is 1. The normalized spacial score (nSPS) is 11.5. The Morgan fingerprint density at radius 1 is 0.795 bits per heavy atom. The van der Waals surface area contributed by atoms with Gasteiger partial charge in [0.15, 0.2) is 0 Å². The van der Waals surface area contributed by atoms with Gasteiger partial charge in [-0.15, -0.1) is 0 Å². The third kappa shape index (κ3) is 4.71. The molecule has 0 bridgehead atoms. The molecule has 0 fully saturated rings. The predicted molar refractivity (Wildman–Crippen MR) is 155 cm³/mol. The molecule has 39 heavy (non-hydrogen) atoms. The number of imidazole rings is 1. The van der Waals surface area contributed by atoms with Gasteiger partial charge in [-0.3, -0.25) is 4.98 Å². The number of para-hydroxylation sites is 2. The summed E-state index contributed by atoms with van der Waals surface area (Å²) in [5, 5.41) is 0.930. The van der Waals surface area contributed by atoms with Crippen LogP contribution in [0.25, 0.3) is 50.2 Å². The van der Waals surface area contributed by atoms with Gasteiger partial charge in [-0.1, -0.05) is 93.2 Å². The topological polar surface area (TPSA) is 40.2 Å². The molecule has 2 aromatic heterocycles. The van der Waals surface area contributed by atoms with E-state index in [0.717, 1.165) is 39.1 Å². The fraction of sp³-hybridized carbons (Fsp3) is 0.206. The van der Waals surface area contributed by atoms with Crippen LogP contribution >= 0.6 is 0 Å². The molecule has 0 saturated heterocycles. The monoisotopic (exact) mass is 692 g/mol. The summed E-state index contributed by atoms with van der Waals surface area (Å²) in [6.07, 6.45) is 3.17. The zero-order valence-electron chi connectivity index (χ0n) is 22.8. The molecule has 199 valence electrons. The molecule has 0 N–H and O–H groups in total. The van der Waals surface area contributed by atoms with Crippen LogP contribution in [0.2, 0.25) is 0 Å². The van der Waals surface area contributed by atoms with Crippen molar-refractivity contribution in [1.82, 2.24) is 9.55 Å². The second kappa shape index (κ2) is 10.8. The quantitative estimate of drug-likeness (QED) is 0.164. The van der Waals surface area contributed by atoms with Crippen molar-refractivity contribution in [2.75, 3.05) is 7.11 Å². The van der Waals surface area contributed by atoms with E-state index in [9.17, 15) is 0 Å². The largest absolute Gasteiger partial charge is 0.557 e. The molecule has 0 amide bonds. The average Bonchev–Trinajstić information content (AvgIpc) is 3.53. The van der Waals surface area contributed by atoms with Crippen LogP contribution in [0.5, 0.6) is 5.75 Å². The van der Waals surface area contributed by atoms with Crippen LogP contribution in [-0.2, 0) is 20.1 Å². The van der Waals surface area contributed by atoms with Gasteiger partial charge in [0.05, 0.1) is 24.0 Å². The average molecular weight is 692 g/mol. The smallest absolute Gasteiger partial charge is 0.108 e. The molecule has 5 heteroatoms. The second-order valence-corrected chi connectivity index (χ2v) is 10.4. The van der Waals surface area contributed by atoms with Crippen LogP contribution in [0.15, 0.2) is 89.3 Å². The van der Waals surface area contributed by atoms with E-state index in [0.29, 0.717) is 11.8 Å². The van der Waals surface area contributed by atoms with Crippen LogP contribution in [0.3, 0.4) is 0 Å². The standard InChI is InChI=1S/C34H31N2O2.Ir/c1-21(2)26-17-24(23-11-7-6-8-12-23)18-27(22(3)4)33(26)36-31-14-10-9-13-30(31)35-34(36)29-20-38-32-16-15-25(37-5)19-28(29)32;/h6-19,21-22H,1-5H3;/q-1;. The Morgan fingerprint density at radius 3 is 2.13 bits per heavy atom. The fourth-order valence-corrected chi connectivity index (χ4v) is 5.28. The summed E-state index contributed by atoms with van der Waals surface area (Å²) in [5.74, 6) is 2.18. The van der Waals surface area contributed by atoms with E-state index in [1.54, 1.807) is 7.11 Å². The number of ether oxygens (including phenoxy) is 1.